The van der Waals surface area contributed by atoms with Crippen LogP contribution in [0, 0.1) is 0 Å². The summed E-state index contributed by atoms with van der Waals surface area (Å²) in [6.07, 6.45) is 5.33. The van der Waals surface area contributed by atoms with Crippen molar-refractivity contribution in [3.63, 3.8) is 0 Å². The Morgan fingerprint density at radius 1 is 1.55 bits per heavy atom. The van der Waals surface area contributed by atoms with Crippen molar-refractivity contribution >= 4 is 0 Å². The molecule has 0 radical (unpaired) electrons. The Bertz CT molecular complexity index is 333. The molecular formula is C6H7N5. The molecule has 0 saturated heterocycles. The quantitative estimate of drug-likeness (QED) is 0.630. The molecule has 0 aliphatic heterocycles. The zero-order valence-corrected chi connectivity index (χ0v) is 6.02. The molecule has 2 aromatic heterocycles. The first-order valence-electron chi connectivity index (χ1n) is 3.22. The Morgan fingerprint density at radius 2 is 2.45 bits per heavy atom. The zero-order valence-electron chi connectivity index (χ0n) is 6.02. The number of H-pyrrole nitrogens is 1. The second kappa shape index (κ2) is 2.19. The van der Waals surface area contributed by atoms with Gasteiger partial charge in [-0.3, -0.25) is 9.78 Å². The number of nitrogens with one attached hydrogen (secondary N) is 1. The first-order valence-corrected chi connectivity index (χ1v) is 3.22. The molecule has 0 saturated carbocycles. The monoisotopic (exact) mass is 149 g/mol. The summed E-state index contributed by atoms with van der Waals surface area (Å²) in [5.41, 5.74) is 1.79. The van der Waals surface area contributed by atoms with Crippen LogP contribution in [0.1, 0.15) is 0 Å². The largest absolute Gasteiger partial charge is 0.285 e. The van der Waals surface area contributed by atoms with Gasteiger partial charge in [-0.25, -0.2) is 0 Å². The van der Waals surface area contributed by atoms with E-state index in [1.165, 1.54) is 0 Å². The van der Waals surface area contributed by atoms with E-state index in [1.807, 2.05) is 13.2 Å². The molecule has 0 aromatic carbocycles. The average molecular weight is 149 g/mol. The molecule has 2 rings (SSSR count). The first-order chi connectivity index (χ1) is 5.36. The molecule has 2 heterocycles. The molecule has 11 heavy (non-hydrogen) atoms. The summed E-state index contributed by atoms with van der Waals surface area (Å²) in [4.78, 5) is 0. The lowest BCUT2D eigenvalue weighted by Crippen LogP contribution is -1.85. The van der Waals surface area contributed by atoms with Gasteiger partial charge in [0.2, 0.25) is 0 Å². The predicted molar refractivity (Wildman–Crippen MR) is 38.6 cm³/mol. The van der Waals surface area contributed by atoms with E-state index < -0.39 is 0 Å². The van der Waals surface area contributed by atoms with Crippen LogP contribution in [0.15, 0.2) is 18.6 Å². The molecule has 0 atom stereocenters. The van der Waals surface area contributed by atoms with Gasteiger partial charge < -0.3 is 0 Å². The van der Waals surface area contributed by atoms with E-state index in [0.717, 1.165) is 11.3 Å². The van der Waals surface area contributed by atoms with Crippen molar-refractivity contribution in [2.24, 2.45) is 7.05 Å². The van der Waals surface area contributed by atoms with Crippen molar-refractivity contribution in [3.05, 3.63) is 18.6 Å². The number of aryl methyl sites for hydroxylation is 1. The molecule has 0 unspecified atom stereocenters. The summed E-state index contributed by atoms with van der Waals surface area (Å²) >= 11 is 0. The highest BCUT2D eigenvalue weighted by molar-refractivity contribution is 5.54. The minimum atomic E-state index is 0.834. The van der Waals surface area contributed by atoms with Crippen molar-refractivity contribution in [2.75, 3.05) is 0 Å². The Labute approximate surface area is 63.0 Å². The topological polar surface area (TPSA) is 59.4 Å². The lowest BCUT2D eigenvalue weighted by Gasteiger charge is -1.82. The fourth-order valence-corrected chi connectivity index (χ4v) is 0.871. The number of hydrogen-bond donors (Lipinski definition) is 1. The van der Waals surface area contributed by atoms with Crippen LogP contribution in [0.5, 0.6) is 0 Å². The summed E-state index contributed by atoms with van der Waals surface area (Å²) in [6.45, 7) is 0. The highest BCUT2D eigenvalue weighted by Gasteiger charge is 2.01. The Balaban J connectivity index is 2.45. The Morgan fingerprint density at radius 3 is 3.00 bits per heavy atom. The van der Waals surface area contributed by atoms with E-state index in [4.69, 9.17) is 0 Å². The van der Waals surface area contributed by atoms with Crippen LogP contribution in [0.25, 0.3) is 11.3 Å². The van der Waals surface area contributed by atoms with E-state index in [2.05, 4.69) is 20.5 Å². The fourth-order valence-electron chi connectivity index (χ4n) is 0.871. The van der Waals surface area contributed by atoms with Gasteiger partial charge in [0.25, 0.3) is 0 Å². The lowest BCUT2D eigenvalue weighted by atomic mass is 10.3. The summed E-state index contributed by atoms with van der Waals surface area (Å²) in [5, 5.41) is 14.2. The van der Waals surface area contributed by atoms with Crippen LogP contribution in [0.3, 0.4) is 0 Å². The second-order valence-electron chi connectivity index (χ2n) is 2.26. The fraction of sp³-hybridized carbons (Fsp3) is 0.167. The van der Waals surface area contributed by atoms with Gasteiger partial charge in [0.15, 0.2) is 0 Å². The molecule has 0 aliphatic carbocycles. The van der Waals surface area contributed by atoms with Gasteiger partial charge in [-0.15, -0.1) is 5.10 Å². The van der Waals surface area contributed by atoms with Crippen LogP contribution in [0.4, 0.5) is 0 Å². The maximum atomic E-state index is 3.91. The van der Waals surface area contributed by atoms with Crippen molar-refractivity contribution < 1.29 is 0 Å². The van der Waals surface area contributed by atoms with Crippen LogP contribution in [0.2, 0.25) is 0 Å². The molecule has 5 nitrogen and oxygen atoms in total. The molecule has 0 bridgehead atoms. The zero-order chi connectivity index (χ0) is 7.68. The van der Waals surface area contributed by atoms with Crippen LogP contribution < -0.4 is 0 Å². The molecule has 0 spiro atoms. The molecule has 1 N–H and O–H groups in total. The van der Waals surface area contributed by atoms with E-state index in [1.54, 1.807) is 17.1 Å². The number of hydrogen-bond acceptors (Lipinski definition) is 3. The molecule has 0 aliphatic rings. The number of nitrogens with zero attached hydrogens (tertiary/aromatic N) is 4. The third-order valence-electron chi connectivity index (χ3n) is 1.40. The Hall–Kier alpha value is -1.65. The predicted octanol–water partition coefficient (Wildman–Crippen LogP) is 0.205. The molecule has 0 amide bonds. The minimum absolute atomic E-state index is 0.834. The van der Waals surface area contributed by atoms with Crippen LogP contribution >= 0.6 is 0 Å². The van der Waals surface area contributed by atoms with Gasteiger partial charge >= 0.3 is 0 Å². The summed E-state index contributed by atoms with van der Waals surface area (Å²) in [7, 11) is 1.83. The van der Waals surface area contributed by atoms with Crippen LogP contribution in [-0.2, 0) is 7.05 Å². The van der Waals surface area contributed by atoms with Crippen molar-refractivity contribution in [1.29, 1.82) is 0 Å². The van der Waals surface area contributed by atoms with Crippen molar-refractivity contribution in [1.82, 2.24) is 25.2 Å². The average Bonchev–Trinajstić information content (AvgIpc) is 2.55. The second-order valence-corrected chi connectivity index (χ2v) is 2.26. The maximum Gasteiger partial charge on any atom is 0.116 e. The highest BCUT2D eigenvalue weighted by atomic mass is 15.4. The minimum Gasteiger partial charge on any atom is -0.285 e. The standard InChI is InChI=1S/C6H7N5/c1-11-4-6(9-10-11)5-2-7-8-3-5/h2-4H,1H3,(H,7,8). The third kappa shape index (κ3) is 1.000. The molecule has 5 heteroatoms. The third-order valence-corrected chi connectivity index (χ3v) is 1.40. The van der Waals surface area contributed by atoms with Crippen molar-refractivity contribution in [3.8, 4) is 11.3 Å². The van der Waals surface area contributed by atoms with E-state index >= 15 is 0 Å². The van der Waals surface area contributed by atoms with Gasteiger partial charge in [0, 0.05) is 18.8 Å². The van der Waals surface area contributed by atoms with Gasteiger partial charge in [-0.05, 0) is 0 Å². The van der Waals surface area contributed by atoms with Gasteiger partial charge in [0.1, 0.15) is 5.69 Å². The molecular weight excluding hydrogens is 142 g/mol. The molecule has 2 aromatic rings. The van der Waals surface area contributed by atoms with Crippen LogP contribution in [-0.4, -0.2) is 25.2 Å². The van der Waals surface area contributed by atoms with Gasteiger partial charge in [0.05, 0.1) is 12.4 Å². The number of rotatable bonds is 1. The SMILES string of the molecule is Cn1cc(-c2cn[nH]c2)nn1. The van der Waals surface area contributed by atoms with E-state index in [-0.39, 0.29) is 0 Å². The van der Waals surface area contributed by atoms with E-state index in [9.17, 15) is 0 Å². The highest BCUT2D eigenvalue weighted by Crippen LogP contribution is 2.11. The van der Waals surface area contributed by atoms with E-state index in [0.29, 0.717) is 0 Å². The van der Waals surface area contributed by atoms with Gasteiger partial charge in [-0.2, -0.15) is 5.10 Å². The summed E-state index contributed by atoms with van der Waals surface area (Å²) < 4.78 is 1.66. The smallest absolute Gasteiger partial charge is 0.116 e. The normalized spacial score (nSPS) is 10.3. The van der Waals surface area contributed by atoms with Gasteiger partial charge in [-0.1, -0.05) is 5.21 Å². The Kier molecular flexibility index (Phi) is 1.21. The molecule has 0 fully saturated rings. The number of aromatic amines is 1. The maximum absolute atomic E-state index is 3.91. The first kappa shape index (κ1) is 6.09. The number of aromatic nitrogens is 5. The van der Waals surface area contributed by atoms with Crippen molar-refractivity contribution in [2.45, 2.75) is 0 Å². The summed E-state index contributed by atoms with van der Waals surface area (Å²) in [5.74, 6) is 0. The molecule has 56 valence electrons. The summed E-state index contributed by atoms with van der Waals surface area (Å²) in [6, 6.07) is 0. The lowest BCUT2D eigenvalue weighted by molar-refractivity contribution is 0.715.